The van der Waals surface area contributed by atoms with Crippen LogP contribution in [0.3, 0.4) is 0 Å². The van der Waals surface area contributed by atoms with Crippen LogP contribution in [0.1, 0.15) is 28.6 Å². The van der Waals surface area contributed by atoms with Crippen molar-refractivity contribution >= 4 is 5.69 Å². The molecule has 5 rings (SSSR count). The van der Waals surface area contributed by atoms with Crippen molar-refractivity contribution in [3.8, 4) is 5.75 Å². The summed E-state index contributed by atoms with van der Waals surface area (Å²) < 4.78 is 35.7. The Kier molecular flexibility index (Phi) is 6.61. The molecular weight excluding hydrogens is 464 g/mol. The standard InChI is InChI=1S/C28H27F2N3O3/c1-19-16-25(34)26(28(35)33(19)18-22-8-5-15-36-22)27(20-6-4-7-21(29)17-20)32-13-11-31(12-14-32)24-10-3-2-9-23(24)30/h2-10,15-17,27,34H,11-14,18H2,1H3/t27-/m1/s1. The maximum atomic E-state index is 14.4. The van der Waals surface area contributed by atoms with E-state index < -0.39 is 11.9 Å². The van der Waals surface area contributed by atoms with Crippen molar-refractivity contribution in [1.29, 1.82) is 0 Å². The van der Waals surface area contributed by atoms with Crippen LogP contribution in [0.25, 0.3) is 0 Å². The molecule has 8 heteroatoms. The van der Waals surface area contributed by atoms with E-state index in [1.54, 1.807) is 66.3 Å². The van der Waals surface area contributed by atoms with Gasteiger partial charge in [0.15, 0.2) is 0 Å². The van der Waals surface area contributed by atoms with Crippen LogP contribution < -0.4 is 10.5 Å². The van der Waals surface area contributed by atoms with Crippen molar-refractivity contribution < 1.29 is 18.3 Å². The first-order valence-electron chi connectivity index (χ1n) is 11.9. The van der Waals surface area contributed by atoms with Gasteiger partial charge < -0.3 is 19.0 Å². The molecule has 1 fully saturated rings. The number of benzene rings is 2. The summed E-state index contributed by atoms with van der Waals surface area (Å²) in [7, 11) is 0. The van der Waals surface area contributed by atoms with Gasteiger partial charge >= 0.3 is 0 Å². The van der Waals surface area contributed by atoms with Crippen LogP contribution in [0.5, 0.6) is 5.75 Å². The Labute approximate surface area is 207 Å². The van der Waals surface area contributed by atoms with E-state index in [4.69, 9.17) is 4.42 Å². The Hall–Kier alpha value is -3.91. The van der Waals surface area contributed by atoms with Gasteiger partial charge in [-0.3, -0.25) is 9.69 Å². The number of pyridine rings is 1. The lowest BCUT2D eigenvalue weighted by Gasteiger charge is -2.40. The van der Waals surface area contributed by atoms with E-state index in [2.05, 4.69) is 0 Å². The summed E-state index contributed by atoms with van der Waals surface area (Å²) in [4.78, 5) is 17.8. The molecule has 36 heavy (non-hydrogen) atoms. The van der Waals surface area contributed by atoms with E-state index in [9.17, 15) is 18.7 Å². The predicted molar refractivity (Wildman–Crippen MR) is 133 cm³/mol. The molecule has 1 N–H and O–H groups in total. The number of aromatic hydroxyl groups is 1. The first kappa shape index (κ1) is 23.8. The van der Waals surface area contributed by atoms with Gasteiger partial charge in [0.05, 0.1) is 30.1 Å². The zero-order valence-electron chi connectivity index (χ0n) is 19.9. The maximum absolute atomic E-state index is 14.4. The molecule has 0 radical (unpaired) electrons. The molecule has 0 amide bonds. The number of rotatable bonds is 6. The molecule has 0 bridgehead atoms. The molecule has 4 aromatic rings. The summed E-state index contributed by atoms with van der Waals surface area (Å²) in [5.41, 5.74) is 1.49. The summed E-state index contributed by atoms with van der Waals surface area (Å²) >= 11 is 0. The average Bonchev–Trinajstić information content (AvgIpc) is 3.38. The minimum atomic E-state index is -0.681. The van der Waals surface area contributed by atoms with Crippen molar-refractivity contribution in [3.05, 3.63) is 118 Å². The van der Waals surface area contributed by atoms with Crippen LogP contribution in [0.2, 0.25) is 0 Å². The highest BCUT2D eigenvalue weighted by Crippen LogP contribution is 2.34. The molecule has 1 saturated heterocycles. The minimum absolute atomic E-state index is 0.140. The Morgan fingerprint density at radius 3 is 2.44 bits per heavy atom. The van der Waals surface area contributed by atoms with Crippen molar-refractivity contribution in [1.82, 2.24) is 9.47 Å². The van der Waals surface area contributed by atoms with Crippen LogP contribution in [-0.2, 0) is 6.54 Å². The molecule has 1 aliphatic rings. The fraction of sp³-hybridized carbons (Fsp3) is 0.250. The molecule has 2 aromatic heterocycles. The molecule has 0 unspecified atom stereocenters. The number of aromatic nitrogens is 1. The summed E-state index contributed by atoms with van der Waals surface area (Å²) in [6, 6.07) is 17.1. The van der Waals surface area contributed by atoms with E-state index in [1.165, 1.54) is 18.2 Å². The van der Waals surface area contributed by atoms with Crippen LogP contribution in [-0.4, -0.2) is 40.8 Å². The van der Waals surface area contributed by atoms with Gasteiger partial charge in [-0.15, -0.1) is 0 Å². The normalized spacial score (nSPS) is 15.2. The van der Waals surface area contributed by atoms with Crippen molar-refractivity contribution in [2.45, 2.75) is 19.5 Å². The van der Waals surface area contributed by atoms with Gasteiger partial charge in [0.2, 0.25) is 0 Å². The van der Waals surface area contributed by atoms with Gasteiger partial charge in [0, 0.05) is 31.9 Å². The molecule has 0 aliphatic carbocycles. The lowest BCUT2D eigenvalue weighted by atomic mass is 9.95. The fourth-order valence-corrected chi connectivity index (χ4v) is 4.95. The van der Waals surface area contributed by atoms with Gasteiger partial charge in [0.1, 0.15) is 23.1 Å². The second-order valence-corrected chi connectivity index (χ2v) is 8.99. The number of hydrogen-bond donors (Lipinski definition) is 1. The molecule has 6 nitrogen and oxygen atoms in total. The molecule has 1 aliphatic heterocycles. The Morgan fingerprint density at radius 1 is 0.972 bits per heavy atom. The van der Waals surface area contributed by atoms with Crippen LogP contribution in [0.4, 0.5) is 14.5 Å². The fourth-order valence-electron chi connectivity index (χ4n) is 4.95. The first-order chi connectivity index (χ1) is 17.4. The largest absolute Gasteiger partial charge is 0.507 e. The van der Waals surface area contributed by atoms with Gasteiger partial charge in [-0.1, -0.05) is 24.3 Å². The first-order valence-corrected chi connectivity index (χ1v) is 11.9. The van der Waals surface area contributed by atoms with E-state index in [0.29, 0.717) is 48.9 Å². The highest BCUT2D eigenvalue weighted by Gasteiger charge is 2.32. The number of furan rings is 1. The number of nitrogens with zero attached hydrogens (tertiary/aromatic N) is 3. The summed E-state index contributed by atoms with van der Waals surface area (Å²) in [5, 5.41) is 11.0. The number of halogens is 2. The number of anilines is 1. The third-order valence-electron chi connectivity index (χ3n) is 6.73. The number of piperazine rings is 1. The zero-order valence-corrected chi connectivity index (χ0v) is 19.9. The zero-order chi connectivity index (χ0) is 25.2. The number of para-hydroxylation sites is 1. The molecule has 0 saturated carbocycles. The quantitative estimate of drug-likeness (QED) is 0.424. The Balaban J connectivity index is 1.54. The molecule has 1 atom stereocenters. The van der Waals surface area contributed by atoms with Crippen LogP contribution >= 0.6 is 0 Å². The van der Waals surface area contributed by atoms with E-state index in [1.807, 2.05) is 9.80 Å². The lowest BCUT2D eigenvalue weighted by Crippen LogP contribution is -2.49. The average molecular weight is 492 g/mol. The highest BCUT2D eigenvalue weighted by atomic mass is 19.1. The summed E-state index contributed by atoms with van der Waals surface area (Å²) in [6.45, 7) is 3.96. The Morgan fingerprint density at radius 2 is 1.75 bits per heavy atom. The van der Waals surface area contributed by atoms with Crippen molar-refractivity contribution in [2.24, 2.45) is 0 Å². The Bertz CT molecular complexity index is 1410. The van der Waals surface area contributed by atoms with E-state index in [0.717, 1.165) is 0 Å². The SMILES string of the molecule is Cc1cc(O)c([C@@H](c2cccc(F)c2)N2CCN(c3ccccc3F)CC2)c(=O)n1Cc1ccco1. The molecular formula is C28H27F2N3O3. The maximum Gasteiger partial charge on any atom is 0.260 e. The lowest BCUT2D eigenvalue weighted by molar-refractivity contribution is 0.206. The molecule has 2 aromatic carbocycles. The topological polar surface area (TPSA) is 61.9 Å². The predicted octanol–water partition coefficient (Wildman–Crippen LogP) is 4.69. The van der Waals surface area contributed by atoms with Gasteiger partial charge in [-0.2, -0.15) is 0 Å². The molecule has 186 valence electrons. The van der Waals surface area contributed by atoms with E-state index in [-0.39, 0.29) is 29.2 Å². The van der Waals surface area contributed by atoms with Crippen molar-refractivity contribution in [3.63, 3.8) is 0 Å². The van der Waals surface area contributed by atoms with Gasteiger partial charge in [0.25, 0.3) is 5.56 Å². The van der Waals surface area contributed by atoms with Crippen molar-refractivity contribution in [2.75, 3.05) is 31.1 Å². The van der Waals surface area contributed by atoms with Crippen LogP contribution in [0, 0.1) is 18.6 Å². The highest BCUT2D eigenvalue weighted by molar-refractivity contribution is 5.48. The minimum Gasteiger partial charge on any atom is -0.507 e. The molecule has 3 heterocycles. The number of aryl methyl sites for hydroxylation is 1. The second kappa shape index (κ2) is 9.99. The third-order valence-corrected chi connectivity index (χ3v) is 6.73. The van der Waals surface area contributed by atoms with E-state index >= 15 is 0 Å². The third kappa shape index (κ3) is 4.64. The van der Waals surface area contributed by atoms with Gasteiger partial charge in [-0.25, -0.2) is 8.78 Å². The smallest absolute Gasteiger partial charge is 0.260 e. The number of hydrogen-bond acceptors (Lipinski definition) is 5. The summed E-state index contributed by atoms with van der Waals surface area (Å²) in [5.74, 6) is -0.244. The second-order valence-electron chi connectivity index (χ2n) is 8.99. The molecule has 0 spiro atoms. The van der Waals surface area contributed by atoms with Crippen LogP contribution in [0.15, 0.2) is 82.2 Å². The monoisotopic (exact) mass is 491 g/mol. The van der Waals surface area contributed by atoms with Gasteiger partial charge in [-0.05, 0) is 55.0 Å². The summed E-state index contributed by atoms with van der Waals surface area (Å²) in [6.07, 6.45) is 1.54.